The number of anilines is 1. The zero-order chi connectivity index (χ0) is 15.5. The first-order valence-electron chi connectivity index (χ1n) is 6.93. The van der Waals surface area contributed by atoms with Crippen LogP contribution >= 0.6 is 0 Å². The van der Waals surface area contributed by atoms with Crippen molar-refractivity contribution < 1.29 is 9.90 Å². The van der Waals surface area contributed by atoms with Gasteiger partial charge in [-0.2, -0.15) is 5.10 Å². The number of hydrogen-bond donors (Lipinski definition) is 3. The molecule has 2 amide bonds. The van der Waals surface area contributed by atoms with Gasteiger partial charge in [0, 0.05) is 13.1 Å². The molecule has 3 N–H and O–H groups in total. The number of nitrogens with one attached hydrogen (secondary N) is 2. The van der Waals surface area contributed by atoms with Gasteiger partial charge in [0.2, 0.25) is 0 Å². The van der Waals surface area contributed by atoms with Crippen LogP contribution in [0.4, 0.5) is 10.5 Å². The molecular weight excluding hydrogens is 256 g/mol. The molecule has 0 fully saturated rings. The number of amides is 2. The lowest BCUT2D eigenvalue weighted by molar-refractivity contribution is 0.0654. The van der Waals surface area contributed by atoms with Gasteiger partial charge in [-0.15, -0.1) is 0 Å². The second-order valence-electron chi connectivity index (χ2n) is 6.08. The Morgan fingerprint density at radius 2 is 2.00 bits per heavy atom. The highest BCUT2D eigenvalue weighted by Crippen LogP contribution is 2.20. The number of urea groups is 1. The molecule has 0 bridgehead atoms. The highest BCUT2D eigenvalue weighted by molar-refractivity contribution is 5.90. The molecule has 0 aromatic carbocycles. The smallest absolute Gasteiger partial charge is 0.319 e. The molecule has 1 atom stereocenters. The van der Waals surface area contributed by atoms with Gasteiger partial charge < -0.3 is 15.7 Å². The Morgan fingerprint density at radius 1 is 1.40 bits per heavy atom. The summed E-state index contributed by atoms with van der Waals surface area (Å²) in [5.74, 6) is 0. The van der Waals surface area contributed by atoms with E-state index in [1.165, 1.54) is 0 Å². The molecule has 0 aliphatic carbocycles. The van der Waals surface area contributed by atoms with Crippen molar-refractivity contribution in [1.82, 2.24) is 15.1 Å². The number of aliphatic hydroxyl groups excluding tert-OH is 1. The van der Waals surface area contributed by atoms with E-state index in [4.69, 9.17) is 0 Å². The quantitative estimate of drug-likeness (QED) is 0.790. The number of hydrogen-bond acceptors (Lipinski definition) is 3. The van der Waals surface area contributed by atoms with Crippen LogP contribution in [0.1, 0.15) is 39.1 Å². The number of aryl methyl sites for hydroxylation is 2. The van der Waals surface area contributed by atoms with Crippen LogP contribution in [0, 0.1) is 19.3 Å². The third-order valence-corrected chi connectivity index (χ3v) is 3.38. The van der Waals surface area contributed by atoms with Crippen molar-refractivity contribution in [2.75, 3.05) is 11.9 Å². The van der Waals surface area contributed by atoms with Crippen molar-refractivity contribution >= 4 is 11.7 Å². The number of rotatable bonds is 4. The fraction of sp³-hybridized carbons (Fsp3) is 0.714. The zero-order valence-electron chi connectivity index (χ0n) is 13.2. The van der Waals surface area contributed by atoms with Crippen molar-refractivity contribution in [3.8, 4) is 0 Å². The second-order valence-corrected chi connectivity index (χ2v) is 6.08. The minimum Gasteiger partial charge on any atom is -0.391 e. The molecule has 20 heavy (non-hydrogen) atoms. The van der Waals surface area contributed by atoms with E-state index in [1.54, 1.807) is 0 Å². The maximum absolute atomic E-state index is 11.9. The van der Waals surface area contributed by atoms with E-state index in [1.807, 2.05) is 46.2 Å². The Balaban J connectivity index is 2.62. The SMILES string of the molecule is CCn1nc(C)c(NC(=O)NCC(O)C(C)(C)C)c1C. The minimum absolute atomic E-state index is 0.218. The molecule has 0 saturated carbocycles. The van der Waals surface area contributed by atoms with Gasteiger partial charge in [-0.3, -0.25) is 4.68 Å². The molecule has 1 rings (SSSR count). The first-order valence-corrected chi connectivity index (χ1v) is 6.93. The topological polar surface area (TPSA) is 79.2 Å². The third kappa shape index (κ3) is 3.96. The number of carbonyl (C=O) groups excluding carboxylic acids is 1. The summed E-state index contributed by atoms with van der Waals surface area (Å²) in [5, 5.41) is 19.7. The van der Waals surface area contributed by atoms with Gasteiger partial charge in [0.05, 0.1) is 23.2 Å². The molecule has 0 spiro atoms. The summed E-state index contributed by atoms with van der Waals surface area (Å²) in [5.41, 5.74) is 2.19. The highest BCUT2D eigenvalue weighted by Gasteiger charge is 2.22. The van der Waals surface area contributed by atoms with Crippen molar-refractivity contribution in [2.24, 2.45) is 5.41 Å². The average Bonchev–Trinajstić information content (AvgIpc) is 2.62. The molecule has 6 nitrogen and oxygen atoms in total. The first-order chi connectivity index (χ1) is 9.16. The Morgan fingerprint density at radius 3 is 2.45 bits per heavy atom. The summed E-state index contributed by atoms with van der Waals surface area (Å²) >= 11 is 0. The van der Waals surface area contributed by atoms with E-state index in [0.29, 0.717) is 0 Å². The summed E-state index contributed by atoms with van der Waals surface area (Å²) in [6, 6.07) is -0.324. The van der Waals surface area contributed by atoms with Crippen LogP contribution in [-0.2, 0) is 6.54 Å². The maximum atomic E-state index is 11.9. The van der Waals surface area contributed by atoms with Crippen LogP contribution in [-0.4, -0.2) is 33.6 Å². The van der Waals surface area contributed by atoms with E-state index in [-0.39, 0.29) is 18.0 Å². The minimum atomic E-state index is -0.589. The Labute approximate surface area is 120 Å². The normalized spacial score (nSPS) is 13.2. The molecule has 0 saturated heterocycles. The molecule has 1 aromatic heterocycles. The average molecular weight is 282 g/mol. The van der Waals surface area contributed by atoms with Crippen LogP contribution in [0.5, 0.6) is 0 Å². The van der Waals surface area contributed by atoms with E-state index in [9.17, 15) is 9.90 Å². The lowest BCUT2D eigenvalue weighted by Crippen LogP contribution is -2.41. The van der Waals surface area contributed by atoms with Crippen molar-refractivity contribution in [1.29, 1.82) is 0 Å². The van der Waals surface area contributed by atoms with Gasteiger partial charge >= 0.3 is 6.03 Å². The summed E-state index contributed by atoms with van der Waals surface area (Å²) in [4.78, 5) is 11.9. The van der Waals surface area contributed by atoms with Crippen LogP contribution in [0.3, 0.4) is 0 Å². The van der Waals surface area contributed by atoms with Crippen LogP contribution < -0.4 is 10.6 Å². The standard InChI is InChI=1S/C14H26N4O2/c1-7-18-10(3)12(9(2)17-18)16-13(20)15-8-11(19)14(4,5)6/h11,19H,7-8H2,1-6H3,(H2,15,16,20). The third-order valence-electron chi connectivity index (χ3n) is 3.38. The first kappa shape index (κ1) is 16.5. The van der Waals surface area contributed by atoms with Crippen LogP contribution in [0.15, 0.2) is 0 Å². The van der Waals surface area contributed by atoms with Gasteiger partial charge in [-0.05, 0) is 26.2 Å². The van der Waals surface area contributed by atoms with Gasteiger partial charge in [-0.25, -0.2) is 4.79 Å². The van der Waals surface area contributed by atoms with E-state index >= 15 is 0 Å². The summed E-state index contributed by atoms with van der Waals surface area (Å²) in [6.07, 6.45) is -0.589. The van der Waals surface area contributed by atoms with Gasteiger partial charge in [-0.1, -0.05) is 20.8 Å². The monoisotopic (exact) mass is 282 g/mol. The number of aromatic nitrogens is 2. The summed E-state index contributed by atoms with van der Waals surface area (Å²) < 4.78 is 1.84. The fourth-order valence-corrected chi connectivity index (χ4v) is 1.84. The fourth-order valence-electron chi connectivity index (χ4n) is 1.84. The Hall–Kier alpha value is -1.56. The number of nitrogens with zero attached hydrogens (tertiary/aromatic N) is 2. The largest absolute Gasteiger partial charge is 0.391 e. The van der Waals surface area contributed by atoms with Gasteiger partial charge in [0.25, 0.3) is 0 Å². The predicted molar refractivity (Wildman–Crippen MR) is 79.9 cm³/mol. The number of aliphatic hydroxyl groups is 1. The van der Waals surface area contributed by atoms with Crippen molar-refractivity contribution in [3.05, 3.63) is 11.4 Å². The molecule has 0 aliphatic heterocycles. The molecule has 1 unspecified atom stereocenters. The van der Waals surface area contributed by atoms with E-state index < -0.39 is 6.10 Å². The Bertz CT molecular complexity index is 474. The molecule has 0 radical (unpaired) electrons. The zero-order valence-corrected chi connectivity index (χ0v) is 13.2. The molecular formula is C14H26N4O2. The van der Waals surface area contributed by atoms with Crippen LogP contribution in [0.25, 0.3) is 0 Å². The molecule has 1 aromatic rings. The molecule has 0 aliphatic rings. The lowest BCUT2D eigenvalue weighted by Gasteiger charge is -2.25. The maximum Gasteiger partial charge on any atom is 0.319 e. The molecule has 114 valence electrons. The second kappa shape index (κ2) is 6.26. The van der Waals surface area contributed by atoms with Crippen LogP contribution in [0.2, 0.25) is 0 Å². The summed E-state index contributed by atoms with van der Waals surface area (Å²) in [7, 11) is 0. The van der Waals surface area contributed by atoms with Crippen molar-refractivity contribution in [2.45, 2.75) is 54.2 Å². The van der Waals surface area contributed by atoms with Gasteiger partial charge in [0.1, 0.15) is 0 Å². The van der Waals surface area contributed by atoms with E-state index in [0.717, 1.165) is 23.6 Å². The summed E-state index contributed by atoms with van der Waals surface area (Å²) in [6.45, 7) is 12.5. The molecule has 1 heterocycles. The van der Waals surface area contributed by atoms with Crippen molar-refractivity contribution in [3.63, 3.8) is 0 Å². The van der Waals surface area contributed by atoms with Gasteiger partial charge in [0.15, 0.2) is 0 Å². The number of carbonyl (C=O) groups is 1. The molecule has 6 heteroatoms. The highest BCUT2D eigenvalue weighted by atomic mass is 16.3. The lowest BCUT2D eigenvalue weighted by atomic mass is 9.89. The Kier molecular flexibility index (Phi) is 5.16. The van der Waals surface area contributed by atoms with E-state index in [2.05, 4.69) is 15.7 Å². The predicted octanol–water partition coefficient (Wildman–Crippen LogP) is 2.05.